The van der Waals surface area contributed by atoms with E-state index in [1.807, 2.05) is 12.1 Å². The molecule has 8 nitrogen and oxygen atoms in total. The Morgan fingerprint density at radius 3 is 2.55 bits per heavy atom. The predicted octanol–water partition coefficient (Wildman–Crippen LogP) is 2.58. The molecular weight excluding hydrogens is 366 g/mol. The zero-order chi connectivity index (χ0) is 19.8. The standard InChI is InChI=1S/C21H25N7O/c22-14-9-10-27(13-14)16-7-5-15(6-8-16)25-21-24-11-18-20(26-21)28(19(29)12-23-18)17-3-1-2-4-17/h5-8,11-12,14,17H,1-4,9-10,13,22H2,(H,24,25,26). The van der Waals surface area contributed by atoms with E-state index in [0.29, 0.717) is 17.1 Å². The number of nitrogens with two attached hydrogens (primary N) is 1. The lowest BCUT2D eigenvalue weighted by Crippen LogP contribution is -2.26. The molecule has 29 heavy (non-hydrogen) atoms. The molecule has 2 aliphatic rings. The third kappa shape index (κ3) is 3.55. The summed E-state index contributed by atoms with van der Waals surface area (Å²) in [5.41, 5.74) is 9.22. The number of anilines is 3. The summed E-state index contributed by atoms with van der Waals surface area (Å²) in [7, 11) is 0. The van der Waals surface area contributed by atoms with Crippen molar-refractivity contribution in [2.24, 2.45) is 5.73 Å². The van der Waals surface area contributed by atoms with Crippen molar-refractivity contribution in [1.29, 1.82) is 0 Å². The van der Waals surface area contributed by atoms with Gasteiger partial charge >= 0.3 is 0 Å². The molecule has 1 saturated heterocycles. The average Bonchev–Trinajstić information content (AvgIpc) is 3.40. The monoisotopic (exact) mass is 391 g/mol. The van der Waals surface area contributed by atoms with Gasteiger partial charge in [-0.1, -0.05) is 12.8 Å². The Hall–Kier alpha value is -3.00. The van der Waals surface area contributed by atoms with Crippen molar-refractivity contribution in [2.75, 3.05) is 23.3 Å². The van der Waals surface area contributed by atoms with Crippen molar-refractivity contribution in [2.45, 2.75) is 44.2 Å². The van der Waals surface area contributed by atoms with Crippen molar-refractivity contribution in [3.63, 3.8) is 0 Å². The lowest BCUT2D eigenvalue weighted by atomic mass is 10.2. The fourth-order valence-corrected chi connectivity index (χ4v) is 4.41. The van der Waals surface area contributed by atoms with E-state index in [1.54, 1.807) is 10.8 Å². The second-order valence-corrected chi connectivity index (χ2v) is 7.97. The van der Waals surface area contributed by atoms with Gasteiger partial charge in [-0.25, -0.2) is 9.97 Å². The Labute approximate surface area is 168 Å². The molecule has 0 radical (unpaired) electrons. The van der Waals surface area contributed by atoms with E-state index in [1.165, 1.54) is 11.9 Å². The summed E-state index contributed by atoms with van der Waals surface area (Å²) in [6.07, 6.45) is 8.38. The Morgan fingerprint density at radius 2 is 1.83 bits per heavy atom. The second-order valence-electron chi connectivity index (χ2n) is 7.97. The van der Waals surface area contributed by atoms with E-state index in [-0.39, 0.29) is 17.6 Å². The first kappa shape index (κ1) is 18.1. The van der Waals surface area contributed by atoms with Crippen LogP contribution in [0.3, 0.4) is 0 Å². The molecule has 1 aliphatic heterocycles. The van der Waals surface area contributed by atoms with Crippen LogP contribution in [0.1, 0.15) is 38.1 Å². The van der Waals surface area contributed by atoms with Crippen LogP contribution in [-0.2, 0) is 0 Å². The lowest BCUT2D eigenvalue weighted by molar-refractivity contribution is 0.514. The molecule has 1 aromatic carbocycles. The molecule has 1 atom stereocenters. The summed E-state index contributed by atoms with van der Waals surface area (Å²) in [5, 5.41) is 3.25. The van der Waals surface area contributed by atoms with E-state index in [9.17, 15) is 4.79 Å². The van der Waals surface area contributed by atoms with Crippen molar-refractivity contribution < 1.29 is 0 Å². The van der Waals surface area contributed by atoms with Crippen LogP contribution >= 0.6 is 0 Å². The number of aromatic nitrogens is 4. The molecular formula is C21H25N7O. The maximum Gasteiger partial charge on any atom is 0.270 e. The quantitative estimate of drug-likeness (QED) is 0.705. The molecule has 2 fully saturated rings. The molecule has 3 N–H and O–H groups in total. The van der Waals surface area contributed by atoms with Crippen LogP contribution in [0.5, 0.6) is 0 Å². The maximum atomic E-state index is 12.5. The minimum absolute atomic E-state index is 0.0952. The zero-order valence-corrected chi connectivity index (χ0v) is 16.3. The number of hydrogen-bond donors (Lipinski definition) is 2. The third-order valence-corrected chi connectivity index (χ3v) is 5.93. The molecule has 0 bridgehead atoms. The van der Waals surface area contributed by atoms with E-state index in [0.717, 1.165) is 50.9 Å². The smallest absolute Gasteiger partial charge is 0.270 e. The van der Waals surface area contributed by atoms with E-state index >= 15 is 0 Å². The highest BCUT2D eigenvalue weighted by atomic mass is 16.1. The highest BCUT2D eigenvalue weighted by Gasteiger charge is 2.21. The third-order valence-electron chi connectivity index (χ3n) is 5.93. The summed E-state index contributed by atoms with van der Waals surface area (Å²) in [5.74, 6) is 0.465. The average molecular weight is 391 g/mol. The summed E-state index contributed by atoms with van der Waals surface area (Å²) < 4.78 is 1.79. The van der Waals surface area contributed by atoms with Crippen molar-refractivity contribution in [1.82, 2.24) is 19.5 Å². The SMILES string of the molecule is NC1CCN(c2ccc(Nc3ncc4ncc(=O)n(C5CCCC5)c4n3)cc2)C1. The second kappa shape index (κ2) is 7.44. The molecule has 2 aromatic heterocycles. The number of hydrogen-bond acceptors (Lipinski definition) is 7. The van der Waals surface area contributed by atoms with Gasteiger partial charge in [-0.3, -0.25) is 9.36 Å². The first-order valence-corrected chi connectivity index (χ1v) is 10.3. The van der Waals surface area contributed by atoms with Crippen LogP contribution in [0.25, 0.3) is 11.2 Å². The number of rotatable bonds is 4. The minimum atomic E-state index is -0.0952. The van der Waals surface area contributed by atoms with Gasteiger partial charge < -0.3 is 16.0 Å². The van der Waals surface area contributed by atoms with Crippen molar-refractivity contribution in [3.8, 4) is 0 Å². The van der Waals surface area contributed by atoms with Crippen molar-refractivity contribution in [3.05, 3.63) is 47.0 Å². The van der Waals surface area contributed by atoms with Crippen LogP contribution in [0.2, 0.25) is 0 Å². The van der Waals surface area contributed by atoms with Crippen LogP contribution in [0.4, 0.5) is 17.3 Å². The van der Waals surface area contributed by atoms with Gasteiger partial charge in [0.05, 0.1) is 12.4 Å². The fraction of sp³-hybridized carbons (Fsp3) is 0.429. The lowest BCUT2D eigenvalue weighted by Gasteiger charge is -2.18. The van der Waals surface area contributed by atoms with Gasteiger partial charge in [0.15, 0.2) is 5.65 Å². The number of fused-ring (bicyclic) bond motifs is 1. The maximum absolute atomic E-state index is 12.5. The fourth-order valence-electron chi connectivity index (χ4n) is 4.41. The number of benzene rings is 1. The molecule has 8 heteroatoms. The van der Waals surface area contributed by atoms with E-state index in [2.05, 4.69) is 37.3 Å². The predicted molar refractivity (Wildman–Crippen MR) is 114 cm³/mol. The molecule has 1 unspecified atom stereocenters. The van der Waals surface area contributed by atoms with E-state index in [4.69, 9.17) is 5.73 Å². The van der Waals surface area contributed by atoms with Crippen LogP contribution in [0.15, 0.2) is 41.5 Å². The van der Waals surface area contributed by atoms with Gasteiger partial charge in [-0.15, -0.1) is 0 Å². The Bertz CT molecular complexity index is 1070. The Kier molecular flexibility index (Phi) is 4.63. The summed E-state index contributed by atoms with van der Waals surface area (Å²) in [6.45, 7) is 1.89. The molecule has 0 spiro atoms. The highest BCUT2D eigenvalue weighted by molar-refractivity contribution is 5.71. The van der Waals surface area contributed by atoms with Crippen LogP contribution in [-0.4, -0.2) is 38.7 Å². The molecule has 1 saturated carbocycles. The zero-order valence-electron chi connectivity index (χ0n) is 16.3. The topological polar surface area (TPSA) is 102 Å². The summed E-state index contributed by atoms with van der Waals surface area (Å²) in [4.78, 5) is 28.0. The minimum Gasteiger partial charge on any atom is -0.370 e. The van der Waals surface area contributed by atoms with Gasteiger partial charge in [0.25, 0.3) is 5.56 Å². The van der Waals surface area contributed by atoms with E-state index < -0.39 is 0 Å². The van der Waals surface area contributed by atoms with Crippen molar-refractivity contribution >= 4 is 28.5 Å². The van der Waals surface area contributed by atoms with Gasteiger partial charge in [0.2, 0.25) is 5.95 Å². The normalized spacial score (nSPS) is 19.9. The van der Waals surface area contributed by atoms with Crippen LogP contribution in [0, 0.1) is 0 Å². The molecule has 3 aromatic rings. The molecule has 150 valence electrons. The largest absolute Gasteiger partial charge is 0.370 e. The summed E-state index contributed by atoms with van der Waals surface area (Å²) >= 11 is 0. The molecule has 3 heterocycles. The van der Waals surface area contributed by atoms with Gasteiger partial charge in [0.1, 0.15) is 5.52 Å². The Balaban J connectivity index is 1.42. The van der Waals surface area contributed by atoms with Gasteiger partial charge in [0, 0.05) is 36.5 Å². The number of nitrogens with one attached hydrogen (secondary N) is 1. The first-order chi connectivity index (χ1) is 14.2. The summed E-state index contributed by atoms with van der Waals surface area (Å²) in [6, 6.07) is 8.64. The van der Waals surface area contributed by atoms with Gasteiger partial charge in [-0.2, -0.15) is 4.98 Å². The molecule has 1 aliphatic carbocycles. The molecule has 5 rings (SSSR count). The number of nitrogens with zero attached hydrogens (tertiary/aromatic N) is 5. The Morgan fingerprint density at radius 1 is 1.03 bits per heavy atom. The van der Waals surface area contributed by atoms with Crippen LogP contribution < -0.4 is 21.5 Å². The highest BCUT2D eigenvalue weighted by Crippen LogP contribution is 2.30. The molecule has 0 amide bonds. The van der Waals surface area contributed by atoms with Gasteiger partial charge in [-0.05, 0) is 43.5 Å². The first-order valence-electron chi connectivity index (χ1n) is 10.3.